The van der Waals surface area contributed by atoms with Gasteiger partial charge in [-0.1, -0.05) is 24.3 Å². The first-order valence-corrected chi connectivity index (χ1v) is 5.57. The standard InChI is InChI=1S/C7H7NO2.C7H6O/c9-7(10)4-6-2-1-3-8-5-6;1-2-4-7-6(3-1)5-8-7/h1-3,5H,4H2,(H,9,10);1-4H,5H2. The van der Waals surface area contributed by atoms with E-state index in [0.29, 0.717) is 0 Å². The van der Waals surface area contributed by atoms with Gasteiger partial charge in [0.15, 0.2) is 0 Å². The molecule has 0 unspecified atom stereocenters. The molecule has 1 N–H and O–H groups in total. The monoisotopic (exact) mass is 243 g/mol. The van der Waals surface area contributed by atoms with Gasteiger partial charge < -0.3 is 9.84 Å². The minimum atomic E-state index is -0.826. The molecule has 0 radical (unpaired) electrons. The van der Waals surface area contributed by atoms with E-state index < -0.39 is 5.97 Å². The first-order valence-electron chi connectivity index (χ1n) is 5.57. The zero-order valence-electron chi connectivity index (χ0n) is 9.74. The molecule has 0 bridgehead atoms. The summed E-state index contributed by atoms with van der Waals surface area (Å²) >= 11 is 0. The Morgan fingerprint density at radius 2 is 2.11 bits per heavy atom. The predicted molar refractivity (Wildman–Crippen MR) is 66.4 cm³/mol. The Bertz CT molecular complexity index is 503. The molecule has 0 amide bonds. The molecular formula is C14H13NO3. The van der Waals surface area contributed by atoms with Crippen molar-refractivity contribution in [2.75, 3.05) is 0 Å². The molecule has 0 atom stereocenters. The van der Waals surface area contributed by atoms with E-state index in [4.69, 9.17) is 9.84 Å². The summed E-state index contributed by atoms with van der Waals surface area (Å²) < 4.78 is 5.08. The lowest BCUT2D eigenvalue weighted by atomic mass is 10.1. The summed E-state index contributed by atoms with van der Waals surface area (Å²) in [6.45, 7) is 0.802. The summed E-state index contributed by atoms with van der Waals surface area (Å²) in [7, 11) is 0. The van der Waals surface area contributed by atoms with E-state index in [-0.39, 0.29) is 6.42 Å². The number of aromatic nitrogens is 1. The van der Waals surface area contributed by atoms with Crippen molar-refractivity contribution in [1.82, 2.24) is 4.98 Å². The second kappa shape index (κ2) is 5.82. The van der Waals surface area contributed by atoms with Crippen LogP contribution in [0.5, 0.6) is 5.75 Å². The van der Waals surface area contributed by atoms with Gasteiger partial charge in [0.05, 0.1) is 6.42 Å². The van der Waals surface area contributed by atoms with Gasteiger partial charge in [0.2, 0.25) is 0 Å². The number of nitrogens with zero attached hydrogens (tertiary/aromatic N) is 1. The van der Waals surface area contributed by atoms with Crippen molar-refractivity contribution in [3.05, 3.63) is 59.9 Å². The molecule has 0 aliphatic carbocycles. The predicted octanol–water partition coefficient (Wildman–Crippen LogP) is 2.29. The fourth-order valence-electron chi connectivity index (χ4n) is 1.52. The molecule has 1 aliphatic heterocycles. The van der Waals surface area contributed by atoms with Crippen LogP contribution < -0.4 is 4.74 Å². The SMILES string of the molecule is O=C(O)Cc1cccnc1.c1ccc2c(c1)CO2. The average Bonchev–Trinajstić information content (AvgIpc) is 2.32. The Morgan fingerprint density at radius 3 is 2.56 bits per heavy atom. The number of aliphatic carboxylic acids is 1. The number of hydrogen-bond acceptors (Lipinski definition) is 3. The number of carbonyl (C=O) groups is 1. The van der Waals surface area contributed by atoms with Gasteiger partial charge in [-0.2, -0.15) is 0 Å². The number of carboxylic acid groups (broad SMARTS) is 1. The molecule has 3 rings (SSSR count). The Kier molecular flexibility index (Phi) is 3.91. The smallest absolute Gasteiger partial charge is 0.307 e. The van der Waals surface area contributed by atoms with E-state index in [0.717, 1.165) is 17.9 Å². The molecule has 18 heavy (non-hydrogen) atoms. The fraction of sp³-hybridized carbons (Fsp3) is 0.143. The summed E-state index contributed by atoms with van der Waals surface area (Å²) in [4.78, 5) is 13.9. The molecule has 0 fully saturated rings. The van der Waals surface area contributed by atoms with Crippen molar-refractivity contribution < 1.29 is 14.6 Å². The second-order valence-electron chi connectivity index (χ2n) is 3.83. The van der Waals surface area contributed by atoms with Crippen molar-refractivity contribution in [3.63, 3.8) is 0 Å². The second-order valence-corrected chi connectivity index (χ2v) is 3.83. The number of ether oxygens (including phenoxy) is 1. The maximum absolute atomic E-state index is 10.1. The third-order valence-corrected chi connectivity index (χ3v) is 2.43. The van der Waals surface area contributed by atoms with Crippen molar-refractivity contribution >= 4 is 5.97 Å². The maximum Gasteiger partial charge on any atom is 0.307 e. The first kappa shape index (κ1) is 12.1. The van der Waals surface area contributed by atoms with Gasteiger partial charge in [0.1, 0.15) is 12.4 Å². The normalized spacial score (nSPS) is 11.1. The van der Waals surface area contributed by atoms with Crippen molar-refractivity contribution in [2.45, 2.75) is 13.0 Å². The number of pyridine rings is 1. The zero-order chi connectivity index (χ0) is 12.8. The zero-order valence-corrected chi connectivity index (χ0v) is 9.74. The lowest BCUT2D eigenvalue weighted by molar-refractivity contribution is -0.136. The summed E-state index contributed by atoms with van der Waals surface area (Å²) in [6.07, 6.45) is 3.22. The lowest BCUT2D eigenvalue weighted by Gasteiger charge is -2.18. The van der Waals surface area contributed by atoms with E-state index in [1.165, 1.54) is 5.56 Å². The minimum Gasteiger partial charge on any atom is -0.488 e. The van der Waals surface area contributed by atoms with Gasteiger partial charge in [-0.25, -0.2) is 0 Å². The molecule has 0 saturated carbocycles. The van der Waals surface area contributed by atoms with Crippen molar-refractivity contribution in [1.29, 1.82) is 0 Å². The highest BCUT2D eigenvalue weighted by Gasteiger charge is 2.10. The molecule has 92 valence electrons. The van der Waals surface area contributed by atoms with Crippen LogP contribution in [-0.4, -0.2) is 16.1 Å². The van der Waals surface area contributed by atoms with Crippen LogP contribution in [0, 0.1) is 0 Å². The number of rotatable bonds is 2. The van der Waals surface area contributed by atoms with E-state index in [9.17, 15) is 4.79 Å². The van der Waals surface area contributed by atoms with Crippen LogP contribution in [0.1, 0.15) is 11.1 Å². The first-order chi connectivity index (χ1) is 8.75. The van der Waals surface area contributed by atoms with Crippen molar-refractivity contribution in [3.8, 4) is 5.75 Å². The van der Waals surface area contributed by atoms with Gasteiger partial charge in [0.25, 0.3) is 0 Å². The van der Waals surface area contributed by atoms with Crippen LogP contribution in [0.15, 0.2) is 48.8 Å². The van der Waals surface area contributed by atoms with E-state index >= 15 is 0 Å². The van der Waals surface area contributed by atoms with Crippen LogP contribution in [0.4, 0.5) is 0 Å². The van der Waals surface area contributed by atoms with Crippen LogP contribution >= 0.6 is 0 Å². The van der Waals surface area contributed by atoms with Crippen LogP contribution in [0.3, 0.4) is 0 Å². The number of hydrogen-bond donors (Lipinski definition) is 1. The molecule has 1 aromatic carbocycles. The van der Waals surface area contributed by atoms with E-state index in [1.54, 1.807) is 24.5 Å². The molecule has 2 heterocycles. The van der Waals surface area contributed by atoms with E-state index in [2.05, 4.69) is 11.1 Å². The Morgan fingerprint density at radius 1 is 1.28 bits per heavy atom. The third kappa shape index (κ3) is 3.31. The summed E-state index contributed by atoms with van der Waals surface area (Å²) in [5.41, 5.74) is 2.06. The highest BCUT2D eigenvalue weighted by molar-refractivity contribution is 5.69. The number of para-hydroxylation sites is 1. The van der Waals surface area contributed by atoms with Crippen LogP contribution in [-0.2, 0) is 17.8 Å². The quantitative estimate of drug-likeness (QED) is 0.879. The molecule has 0 saturated heterocycles. The molecule has 1 aliphatic rings. The Balaban J connectivity index is 0.000000136. The van der Waals surface area contributed by atoms with Gasteiger partial charge in [-0.3, -0.25) is 9.78 Å². The largest absolute Gasteiger partial charge is 0.488 e. The molecule has 2 aromatic rings. The maximum atomic E-state index is 10.1. The van der Waals surface area contributed by atoms with Gasteiger partial charge in [0, 0.05) is 18.0 Å². The summed E-state index contributed by atoms with van der Waals surface area (Å²) in [5, 5.41) is 8.34. The highest BCUT2D eigenvalue weighted by atomic mass is 16.5. The molecular weight excluding hydrogens is 230 g/mol. The fourth-order valence-corrected chi connectivity index (χ4v) is 1.52. The van der Waals surface area contributed by atoms with Crippen molar-refractivity contribution in [2.24, 2.45) is 0 Å². The number of fused-ring (bicyclic) bond motifs is 1. The summed E-state index contributed by atoms with van der Waals surface area (Å²) in [5.74, 6) is 0.223. The molecule has 4 nitrogen and oxygen atoms in total. The lowest BCUT2D eigenvalue weighted by Crippen LogP contribution is -2.07. The summed E-state index contributed by atoms with van der Waals surface area (Å²) in [6, 6.07) is 11.5. The number of carboxylic acids is 1. The third-order valence-electron chi connectivity index (χ3n) is 2.43. The van der Waals surface area contributed by atoms with Crippen LogP contribution in [0.2, 0.25) is 0 Å². The van der Waals surface area contributed by atoms with Crippen LogP contribution in [0.25, 0.3) is 0 Å². The minimum absolute atomic E-state index is 0.0494. The highest BCUT2D eigenvalue weighted by Crippen LogP contribution is 2.27. The van der Waals surface area contributed by atoms with E-state index in [1.807, 2.05) is 18.2 Å². The average molecular weight is 243 g/mol. The molecule has 0 spiro atoms. The van der Waals surface area contributed by atoms with Gasteiger partial charge in [-0.15, -0.1) is 0 Å². The topological polar surface area (TPSA) is 59.4 Å². The van der Waals surface area contributed by atoms with Gasteiger partial charge >= 0.3 is 5.97 Å². The Labute approximate surface area is 105 Å². The number of benzene rings is 1. The molecule has 1 aromatic heterocycles. The van der Waals surface area contributed by atoms with Gasteiger partial charge in [-0.05, 0) is 17.7 Å². The Hall–Kier alpha value is -2.36. The molecule has 4 heteroatoms.